The van der Waals surface area contributed by atoms with Crippen LogP contribution in [-0.2, 0) is 5.11 Å². The van der Waals surface area contributed by atoms with Crippen LogP contribution >= 0.6 is 0 Å². The number of nitrogens with two attached hydrogens (primary N) is 1. The van der Waals surface area contributed by atoms with Crippen LogP contribution in [0.3, 0.4) is 0 Å². The van der Waals surface area contributed by atoms with Gasteiger partial charge < -0.3 is 5.73 Å². The molecule has 0 spiro atoms. The number of hydrogen-bond acceptors (Lipinski definition) is 1. The summed E-state index contributed by atoms with van der Waals surface area (Å²) in [7, 11) is 0. The van der Waals surface area contributed by atoms with Crippen LogP contribution in [0.5, 0.6) is 0 Å². The second-order valence-corrected chi connectivity index (χ2v) is 3.13. The Hall–Kier alpha value is -0.0800. The summed E-state index contributed by atoms with van der Waals surface area (Å²) < 4.78 is 0. The number of unbranched alkanes of at least 4 members (excludes halogenated alkanes) is 4. The quantitative estimate of drug-likeness (QED) is 0.567. The molecule has 0 fully saturated rings. The molecule has 0 saturated heterocycles. The van der Waals surface area contributed by atoms with Crippen LogP contribution in [0.15, 0.2) is 0 Å². The van der Waals surface area contributed by atoms with E-state index < -0.39 is 0 Å². The Kier molecular flexibility index (Phi) is 7.96. The zero-order valence-electron chi connectivity index (χ0n) is 7.51. The van der Waals surface area contributed by atoms with Crippen LogP contribution in [0, 0.1) is 0 Å². The highest BCUT2D eigenvalue weighted by molar-refractivity contribution is 4.57. The van der Waals surface area contributed by atoms with E-state index in [4.69, 9.17) is 5.73 Å². The van der Waals surface area contributed by atoms with Gasteiger partial charge in [-0.2, -0.15) is 0 Å². The maximum Gasteiger partial charge on any atom is 0.0973 e. The van der Waals surface area contributed by atoms with Crippen LogP contribution in [0.2, 0.25) is 0 Å². The van der Waals surface area contributed by atoms with Gasteiger partial charge in [0.15, 0.2) is 0 Å². The molecule has 0 aliphatic heterocycles. The Bertz CT molecular complexity index is 76.0. The SMILES string of the molecule is CCCCCCCC(N)C[O]. The molecule has 0 bridgehead atoms. The van der Waals surface area contributed by atoms with E-state index >= 15 is 0 Å². The molecule has 2 nitrogen and oxygen atoms in total. The van der Waals surface area contributed by atoms with Crippen molar-refractivity contribution in [2.45, 2.75) is 51.5 Å². The van der Waals surface area contributed by atoms with Crippen molar-refractivity contribution < 1.29 is 5.11 Å². The summed E-state index contributed by atoms with van der Waals surface area (Å²) >= 11 is 0. The van der Waals surface area contributed by atoms with Gasteiger partial charge in [-0.1, -0.05) is 39.0 Å². The maximum atomic E-state index is 10.2. The van der Waals surface area contributed by atoms with Gasteiger partial charge in [-0.25, -0.2) is 5.11 Å². The molecule has 1 atom stereocenters. The molecule has 1 radical (unpaired) electrons. The normalized spacial score (nSPS) is 13.4. The second kappa shape index (κ2) is 8.02. The first-order valence-corrected chi connectivity index (χ1v) is 4.65. The fourth-order valence-electron chi connectivity index (χ4n) is 1.09. The lowest BCUT2D eigenvalue weighted by molar-refractivity contribution is 0.168. The third-order valence-corrected chi connectivity index (χ3v) is 1.89. The van der Waals surface area contributed by atoms with Crippen molar-refractivity contribution in [3.05, 3.63) is 0 Å². The van der Waals surface area contributed by atoms with Crippen LogP contribution in [0.1, 0.15) is 45.4 Å². The van der Waals surface area contributed by atoms with Gasteiger partial charge in [0.25, 0.3) is 0 Å². The molecule has 0 saturated carbocycles. The van der Waals surface area contributed by atoms with Crippen molar-refractivity contribution in [2.24, 2.45) is 5.73 Å². The second-order valence-electron chi connectivity index (χ2n) is 3.13. The molecule has 0 aliphatic carbocycles. The van der Waals surface area contributed by atoms with Gasteiger partial charge >= 0.3 is 0 Å². The summed E-state index contributed by atoms with van der Waals surface area (Å²) in [6.07, 6.45) is 7.15. The molecule has 0 rings (SSSR count). The molecule has 0 heterocycles. The molecule has 0 aromatic carbocycles. The van der Waals surface area contributed by atoms with Gasteiger partial charge in [0, 0.05) is 6.04 Å². The zero-order valence-corrected chi connectivity index (χ0v) is 7.51. The highest BCUT2D eigenvalue weighted by atomic mass is 16.3. The van der Waals surface area contributed by atoms with Crippen LogP contribution in [-0.4, -0.2) is 12.6 Å². The van der Waals surface area contributed by atoms with E-state index in [-0.39, 0.29) is 12.6 Å². The molecule has 0 aromatic rings. The van der Waals surface area contributed by atoms with Crippen molar-refractivity contribution in [1.82, 2.24) is 0 Å². The van der Waals surface area contributed by atoms with Gasteiger partial charge in [0.1, 0.15) is 0 Å². The first kappa shape index (κ1) is 10.9. The van der Waals surface area contributed by atoms with Crippen molar-refractivity contribution in [3.63, 3.8) is 0 Å². The highest BCUT2D eigenvalue weighted by Gasteiger charge is 1.99. The summed E-state index contributed by atoms with van der Waals surface area (Å²) in [6, 6.07) is -0.100. The van der Waals surface area contributed by atoms with Crippen LogP contribution < -0.4 is 5.73 Å². The lowest BCUT2D eigenvalue weighted by Gasteiger charge is -2.05. The summed E-state index contributed by atoms with van der Waals surface area (Å²) in [4.78, 5) is 0. The van der Waals surface area contributed by atoms with E-state index in [0.717, 1.165) is 12.8 Å². The van der Waals surface area contributed by atoms with E-state index in [9.17, 15) is 5.11 Å². The largest absolute Gasteiger partial charge is 0.326 e. The van der Waals surface area contributed by atoms with Gasteiger partial charge in [-0.15, -0.1) is 0 Å². The van der Waals surface area contributed by atoms with E-state index in [2.05, 4.69) is 6.92 Å². The lowest BCUT2D eigenvalue weighted by atomic mass is 10.1. The average molecular weight is 158 g/mol. The van der Waals surface area contributed by atoms with Crippen molar-refractivity contribution in [1.29, 1.82) is 0 Å². The lowest BCUT2D eigenvalue weighted by Crippen LogP contribution is -2.23. The fraction of sp³-hybridized carbons (Fsp3) is 1.00. The fourth-order valence-corrected chi connectivity index (χ4v) is 1.09. The van der Waals surface area contributed by atoms with E-state index in [1.165, 1.54) is 25.7 Å². The number of hydrogen-bond donors (Lipinski definition) is 1. The Morgan fingerprint density at radius 1 is 1.18 bits per heavy atom. The predicted molar refractivity (Wildman–Crippen MR) is 46.9 cm³/mol. The minimum atomic E-state index is -0.117. The van der Waals surface area contributed by atoms with Gasteiger partial charge in [0.2, 0.25) is 0 Å². The number of rotatable bonds is 7. The van der Waals surface area contributed by atoms with Crippen molar-refractivity contribution in [3.8, 4) is 0 Å². The topological polar surface area (TPSA) is 45.9 Å². The Morgan fingerprint density at radius 3 is 2.36 bits per heavy atom. The van der Waals surface area contributed by atoms with Gasteiger partial charge in [-0.3, -0.25) is 0 Å². The Balaban J connectivity index is 2.89. The molecule has 67 valence electrons. The van der Waals surface area contributed by atoms with Crippen LogP contribution in [0.4, 0.5) is 0 Å². The molecule has 2 heteroatoms. The standard InChI is InChI=1S/C9H20NO/c1-2-3-4-5-6-7-9(10)8-11/h9H,2-8,10H2,1H3. The molecule has 0 aliphatic rings. The third-order valence-electron chi connectivity index (χ3n) is 1.89. The molecular formula is C9H20NO. The zero-order chi connectivity index (χ0) is 8.53. The van der Waals surface area contributed by atoms with Gasteiger partial charge in [0.05, 0.1) is 6.61 Å². The summed E-state index contributed by atoms with van der Waals surface area (Å²) in [5.41, 5.74) is 5.48. The van der Waals surface area contributed by atoms with E-state index in [1.54, 1.807) is 0 Å². The monoisotopic (exact) mass is 158 g/mol. The third kappa shape index (κ3) is 7.82. The van der Waals surface area contributed by atoms with Crippen LogP contribution in [0.25, 0.3) is 0 Å². The van der Waals surface area contributed by atoms with E-state index in [1.807, 2.05) is 0 Å². The van der Waals surface area contributed by atoms with Crippen molar-refractivity contribution >= 4 is 0 Å². The molecule has 0 amide bonds. The Labute approximate surface area is 69.8 Å². The van der Waals surface area contributed by atoms with Crippen molar-refractivity contribution in [2.75, 3.05) is 6.61 Å². The molecule has 2 N–H and O–H groups in total. The maximum absolute atomic E-state index is 10.2. The summed E-state index contributed by atoms with van der Waals surface area (Å²) in [5, 5.41) is 10.2. The first-order chi connectivity index (χ1) is 5.31. The average Bonchev–Trinajstić information content (AvgIpc) is 2.04. The van der Waals surface area contributed by atoms with Gasteiger partial charge in [-0.05, 0) is 6.42 Å². The predicted octanol–water partition coefficient (Wildman–Crippen LogP) is 2.10. The minimum absolute atomic E-state index is 0.100. The van der Waals surface area contributed by atoms with E-state index in [0.29, 0.717) is 0 Å². The first-order valence-electron chi connectivity index (χ1n) is 4.65. The molecule has 1 unspecified atom stereocenters. The minimum Gasteiger partial charge on any atom is -0.326 e. The summed E-state index contributed by atoms with van der Waals surface area (Å²) in [6.45, 7) is 2.08. The summed E-state index contributed by atoms with van der Waals surface area (Å²) in [5.74, 6) is 0. The smallest absolute Gasteiger partial charge is 0.0973 e. The highest BCUT2D eigenvalue weighted by Crippen LogP contribution is 2.05. The molecule has 0 aromatic heterocycles. The Morgan fingerprint density at radius 2 is 1.82 bits per heavy atom. The molecule has 11 heavy (non-hydrogen) atoms. The molecular weight excluding hydrogens is 138 g/mol.